The number of benzene rings is 2. The maximum Gasteiger partial charge on any atom is 0.255 e. The summed E-state index contributed by atoms with van der Waals surface area (Å²) in [6.45, 7) is 13.1. The Kier molecular flexibility index (Phi) is 9.03. The first-order valence-corrected chi connectivity index (χ1v) is 12.8. The lowest BCUT2D eigenvalue weighted by Gasteiger charge is -2.27. The highest BCUT2D eigenvalue weighted by molar-refractivity contribution is 6.34. The third-order valence-corrected chi connectivity index (χ3v) is 6.67. The van der Waals surface area contributed by atoms with Gasteiger partial charge in [-0.3, -0.25) is 4.79 Å². The average molecular weight is 502 g/mol. The van der Waals surface area contributed by atoms with Gasteiger partial charge in [0.2, 0.25) is 0 Å². The number of nitrogens with zero attached hydrogens (tertiary/aromatic N) is 2. The highest BCUT2D eigenvalue weighted by Gasteiger charge is 2.25. The van der Waals surface area contributed by atoms with Crippen molar-refractivity contribution in [3.8, 4) is 0 Å². The standard InChI is InChI=1S/C25H28Cl2N4O.C2H6/c1-15-7-5-4-6-12-31(15)25(32)20-10-8-18(13-21(20)27)16(2)28-17(3)24-29-22-11-9-19(26)14-23(22)30-24;1-2/h8-11,13-15,17,28H,2,4-7,12H2,1,3H3,(H,29,30);1-2H3. The van der Waals surface area contributed by atoms with Crippen LogP contribution in [0.2, 0.25) is 10.0 Å². The van der Waals surface area contributed by atoms with Crippen LogP contribution in [-0.4, -0.2) is 33.4 Å². The number of amides is 1. The van der Waals surface area contributed by atoms with Crippen LogP contribution in [0.3, 0.4) is 0 Å². The molecule has 2 aromatic carbocycles. The Hall–Kier alpha value is -2.50. The number of hydrogen-bond acceptors (Lipinski definition) is 3. The number of rotatable bonds is 5. The fraction of sp³-hybridized carbons (Fsp3) is 0.407. The number of aromatic amines is 1. The van der Waals surface area contributed by atoms with Crippen LogP contribution in [0.1, 0.15) is 81.2 Å². The zero-order valence-corrected chi connectivity index (χ0v) is 21.9. The summed E-state index contributed by atoms with van der Waals surface area (Å²) in [5.41, 5.74) is 3.83. The zero-order valence-electron chi connectivity index (χ0n) is 20.4. The molecule has 1 saturated heterocycles. The Labute approximate surface area is 212 Å². The maximum atomic E-state index is 13.1. The van der Waals surface area contributed by atoms with Crippen molar-refractivity contribution in [2.45, 2.75) is 65.5 Å². The third-order valence-electron chi connectivity index (χ3n) is 6.12. The zero-order chi connectivity index (χ0) is 24.8. The molecule has 3 aromatic rings. The van der Waals surface area contributed by atoms with Crippen LogP contribution in [0.15, 0.2) is 43.0 Å². The van der Waals surface area contributed by atoms with E-state index in [1.54, 1.807) is 12.1 Å². The number of aromatic nitrogens is 2. The van der Waals surface area contributed by atoms with Crippen LogP contribution in [0.4, 0.5) is 0 Å². The molecule has 7 heteroatoms. The first kappa shape index (κ1) is 26.1. The van der Waals surface area contributed by atoms with Crippen molar-refractivity contribution >= 4 is 45.8 Å². The van der Waals surface area contributed by atoms with Crippen molar-refractivity contribution in [2.75, 3.05) is 6.54 Å². The van der Waals surface area contributed by atoms with Gasteiger partial charge in [0.25, 0.3) is 5.91 Å². The predicted molar refractivity (Wildman–Crippen MR) is 143 cm³/mol. The van der Waals surface area contributed by atoms with Crippen LogP contribution in [0, 0.1) is 0 Å². The van der Waals surface area contributed by atoms with Gasteiger partial charge in [-0.05, 0) is 62.6 Å². The van der Waals surface area contributed by atoms with Gasteiger partial charge in [-0.2, -0.15) is 0 Å². The molecule has 2 heterocycles. The SMILES string of the molecule is C=C(NC(C)c1nc2ccc(Cl)cc2[nH]1)c1ccc(C(=O)N2CCCCCC2C)c(Cl)c1.CC. The molecule has 4 rings (SSSR count). The Balaban J connectivity index is 0.00000158. The summed E-state index contributed by atoms with van der Waals surface area (Å²) in [7, 11) is 0. The van der Waals surface area contributed by atoms with Gasteiger partial charge in [-0.25, -0.2) is 4.98 Å². The highest BCUT2D eigenvalue weighted by Crippen LogP contribution is 2.27. The summed E-state index contributed by atoms with van der Waals surface area (Å²) in [6, 6.07) is 11.2. The highest BCUT2D eigenvalue weighted by atomic mass is 35.5. The largest absolute Gasteiger partial charge is 0.375 e. The van der Waals surface area contributed by atoms with E-state index in [0.717, 1.165) is 41.8 Å². The number of H-pyrrole nitrogens is 1. The smallest absolute Gasteiger partial charge is 0.255 e. The molecule has 34 heavy (non-hydrogen) atoms. The summed E-state index contributed by atoms with van der Waals surface area (Å²) in [5.74, 6) is 0.792. The van der Waals surface area contributed by atoms with Gasteiger partial charge in [0.05, 0.1) is 27.7 Å². The lowest BCUT2D eigenvalue weighted by molar-refractivity contribution is 0.0698. The van der Waals surface area contributed by atoms with Gasteiger partial charge in [-0.1, -0.05) is 62.5 Å². The van der Waals surface area contributed by atoms with E-state index in [-0.39, 0.29) is 18.0 Å². The van der Waals surface area contributed by atoms with Crippen molar-refractivity contribution in [2.24, 2.45) is 0 Å². The Bertz CT molecular complexity index is 1160. The minimum Gasteiger partial charge on any atom is -0.375 e. The second-order valence-corrected chi connectivity index (χ2v) is 9.36. The van der Waals surface area contributed by atoms with Gasteiger partial charge < -0.3 is 15.2 Å². The molecule has 0 spiro atoms. The molecule has 0 bridgehead atoms. The fourth-order valence-corrected chi connectivity index (χ4v) is 4.66. The van der Waals surface area contributed by atoms with E-state index in [4.69, 9.17) is 23.2 Å². The van der Waals surface area contributed by atoms with Crippen LogP contribution in [-0.2, 0) is 0 Å². The molecule has 2 N–H and O–H groups in total. The second-order valence-electron chi connectivity index (χ2n) is 8.52. The number of fused-ring (bicyclic) bond motifs is 1. The number of halogens is 2. The summed E-state index contributed by atoms with van der Waals surface area (Å²) in [4.78, 5) is 23.0. The van der Waals surface area contributed by atoms with Crippen molar-refractivity contribution < 1.29 is 4.79 Å². The Morgan fingerprint density at radius 1 is 1.18 bits per heavy atom. The number of likely N-dealkylation sites (tertiary alicyclic amines) is 1. The lowest BCUT2D eigenvalue weighted by Crippen LogP contribution is -2.38. The molecule has 1 fully saturated rings. The fourth-order valence-electron chi connectivity index (χ4n) is 4.23. The van der Waals surface area contributed by atoms with Gasteiger partial charge in [0.15, 0.2) is 0 Å². The molecule has 182 valence electrons. The van der Waals surface area contributed by atoms with Crippen molar-refractivity contribution in [1.29, 1.82) is 0 Å². The van der Waals surface area contributed by atoms with Crippen LogP contribution in [0.5, 0.6) is 0 Å². The van der Waals surface area contributed by atoms with E-state index in [1.807, 2.05) is 49.9 Å². The molecule has 1 aliphatic heterocycles. The van der Waals surface area contributed by atoms with E-state index < -0.39 is 0 Å². The van der Waals surface area contributed by atoms with E-state index in [1.165, 1.54) is 12.8 Å². The third kappa shape index (κ3) is 5.94. The molecule has 1 aromatic heterocycles. The molecule has 0 saturated carbocycles. The summed E-state index contributed by atoms with van der Waals surface area (Å²) < 4.78 is 0. The number of carbonyl (C=O) groups is 1. The number of carbonyl (C=O) groups excluding carboxylic acids is 1. The number of hydrogen-bond donors (Lipinski definition) is 2. The van der Waals surface area contributed by atoms with Crippen molar-refractivity contribution in [3.05, 3.63) is 70.0 Å². The van der Waals surface area contributed by atoms with Crippen LogP contribution >= 0.6 is 23.2 Å². The van der Waals surface area contributed by atoms with Gasteiger partial charge in [0, 0.05) is 23.3 Å². The topological polar surface area (TPSA) is 61.0 Å². The summed E-state index contributed by atoms with van der Waals surface area (Å²) in [5, 5.41) is 4.47. The molecule has 0 radical (unpaired) electrons. The molecule has 1 amide bonds. The lowest BCUT2D eigenvalue weighted by atomic mass is 10.1. The van der Waals surface area contributed by atoms with Crippen LogP contribution in [0.25, 0.3) is 16.7 Å². The molecule has 1 aliphatic rings. The molecule has 2 atom stereocenters. The van der Waals surface area contributed by atoms with Crippen molar-refractivity contribution in [3.63, 3.8) is 0 Å². The molecule has 0 aliphatic carbocycles. The van der Waals surface area contributed by atoms with E-state index in [0.29, 0.717) is 21.3 Å². The van der Waals surface area contributed by atoms with Gasteiger partial charge >= 0.3 is 0 Å². The first-order valence-electron chi connectivity index (χ1n) is 12.0. The second kappa shape index (κ2) is 11.8. The molecular formula is C27H34Cl2N4O. The predicted octanol–water partition coefficient (Wildman–Crippen LogP) is 7.62. The molecular weight excluding hydrogens is 467 g/mol. The maximum absolute atomic E-state index is 13.1. The summed E-state index contributed by atoms with van der Waals surface area (Å²) in [6.07, 6.45) is 4.41. The Morgan fingerprint density at radius 2 is 1.94 bits per heavy atom. The molecule has 5 nitrogen and oxygen atoms in total. The average Bonchev–Trinajstić information content (AvgIpc) is 3.13. The normalized spacial score (nSPS) is 16.9. The van der Waals surface area contributed by atoms with Crippen LogP contribution < -0.4 is 5.32 Å². The molecule has 2 unspecified atom stereocenters. The quantitative estimate of drug-likeness (QED) is 0.378. The monoisotopic (exact) mass is 500 g/mol. The number of imidazole rings is 1. The first-order chi connectivity index (χ1) is 16.3. The van der Waals surface area contributed by atoms with Gasteiger partial charge in [0.1, 0.15) is 5.82 Å². The van der Waals surface area contributed by atoms with E-state index >= 15 is 0 Å². The summed E-state index contributed by atoms with van der Waals surface area (Å²) >= 11 is 12.6. The minimum atomic E-state index is -0.105. The Morgan fingerprint density at radius 3 is 2.68 bits per heavy atom. The van der Waals surface area contributed by atoms with E-state index in [2.05, 4.69) is 28.8 Å². The van der Waals surface area contributed by atoms with Gasteiger partial charge in [-0.15, -0.1) is 0 Å². The minimum absolute atomic E-state index is 0.00354. The van der Waals surface area contributed by atoms with Crippen molar-refractivity contribution in [1.82, 2.24) is 20.2 Å². The van der Waals surface area contributed by atoms with E-state index in [9.17, 15) is 4.79 Å². The number of nitrogens with one attached hydrogen (secondary N) is 2.